The van der Waals surface area contributed by atoms with Crippen molar-refractivity contribution in [1.29, 1.82) is 0 Å². The topological polar surface area (TPSA) is 18.5 Å². The molecule has 2 radical (unpaired) electrons. The molecule has 0 aromatic heterocycles. The van der Waals surface area contributed by atoms with E-state index >= 15 is 0 Å². The van der Waals surface area contributed by atoms with Crippen molar-refractivity contribution < 1.29 is 9.47 Å². The van der Waals surface area contributed by atoms with Gasteiger partial charge in [-0.3, -0.25) is 0 Å². The Balaban J connectivity index is 2.52. The number of fused-ring (bicyclic) bond motifs is 1. The first kappa shape index (κ1) is 5.59. The minimum absolute atomic E-state index is 0.304. The summed E-state index contributed by atoms with van der Waals surface area (Å²) in [5, 5.41) is 0. The standard InChI is InChI=1S/C8H6O2/c1-6-2-3-7-8(4-6)10-5-9-7/h1-4H,5H2. The average molecular weight is 134 g/mol. The van der Waals surface area contributed by atoms with Crippen molar-refractivity contribution in [3.63, 3.8) is 0 Å². The molecule has 1 aliphatic rings. The van der Waals surface area contributed by atoms with Crippen molar-refractivity contribution >= 4 is 0 Å². The Labute approximate surface area is 59.4 Å². The highest BCUT2D eigenvalue weighted by atomic mass is 16.7. The summed E-state index contributed by atoms with van der Waals surface area (Å²) in [6, 6.07) is 5.34. The molecule has 1 aliphatic heterocycles. The van der Waals surface area contributed by atoms with Crippen LogP contribution < -0.4 is 9.47 Å². The van der Waals surface area contributed by atoms with Crippen LogP contribution in [0.25, 0.3) is 0 Å². The highest BCUT2D eigenvalue weighted by Crippen LogP contribution is 2.31. The molecule has 2 heteroatoms. The number of hydrogen-bond donors (Lipinski definition) is 0. The lowest BCUT2D eigenvalue weighted by atomic mass is 10.2. The Kier molecular flexibility index (Phi) is 1.07. The molecule has 0 atom stereocenters. The molecule has 0 saturated heterocycles. The first-order valence-corrected chi connectivity index (χ1v) is 3.01. The van der Waals surface area contributed by atoms with E-state index in [4.69, 9.17) is 16.4 Å². The van der Waals surface area contributed by atoms with E-state index in [1.165, 1.54) is 0 Å². The van der Waals surface area contributed by atoms with E-state index in [9.17, 15) is 0 Å². The summed E-state index contributed by atoms with van der Waals surface area (Å²) in [4.78, 5) is 0. The third-order valence-electron chi connectivity index (χ3n) is 1.40. The van der Waals surface area contributed by atoms with E-state index in [0.29, 0.717) is 12.4 Å². The third kappa shape index (κ3) is 0.727. The van der Waals surface area contributed by atoms with E-state index in [1.807, 2.05) is 0 Å². The van der Waals surface area contributed by atoms with E-state index < -0.39 is 0 Å². The molecule has 2 nitrogen and oxygen atoms in total. The lowest BCUT2D eigenvalue weighted by Crippen LogP contribution is -1.92. The molecule has 0 bridgehead atoms. The predicted octanol–water partition coefficient (Wildman–Crippen LogP) is 1.47. The van der Waals surface area contributed by atoms with Crippen molar-refractivity contribution in [3.8, 4) is 11.5 Å². The van der Waals surface area contributed by atoms with Crippen LogP contribution in [-0.4, -0.2) is 6.79 Å². The zero-order chi connectivity index (χ0) is 6.97. The zero-order valence-corrected chi connectivity index (χ0v) is 5.33. The van der Waals surface area contributed by atoms with Crippen molar-refractivity contribution in [1.82, 2.24) is 0 Å². The largest absolute Gasteiger partial charge is 0.454 e. The molecule has 1 aromatic carbocycles. The molecule has 0 amide bonds. The van der Waals surface area contributed by atoms with Crippen LogP contribution in [0, 0.1) is 6.92 Å². The molecule has 1 heterocycles. The minimum atomic E-state index is 0.304. The molecule has 2 rings (SSSR count). The summed E-state index contributed by atoms with van der Waals surface area (Å²) in [7, 11) is 0. The summed E-state index contributed by atoms with van der Waals surface area (Å²) >= 11 is 0. The summed E-state index contributed by atoms with van der Waals surface area (Å²) in [6.07, 6.45) is 0. The predicted molar refractivity (Wildman–Crippen MR) is 36.0 cm³/mol. The van der Waals surface area contributed by atoms with Gasteiger partial charge < -0.3 is 9.47 Å². The normalized spacial score (nSPS) is 13.7. The molecular weight excluding hydrogens is 128 g/mol. The highest BCUT2D eigenvalue weighted by molar-refractivity contribution is 5.45. The molecule has 0 N–H and O–H groups in total. The molecule has 10 heavy (non-hydrogen) atoms. The quantitative estimate of drug-likeness (QED) is 0.535. The fourth-order valence-electron chi connectivity index (χ4n) is 0.913. The van der Waals surface area contributed by atoms with Gasteiger partial charge in [0.1, 0.15) is 0 Å². The van der Waals surface area contributed by atoms with E-state index in [1.54, 1.807) is 18.2 Å². The molecule has 50 valence electrons. The second-order valence-electron chi connectivity index (χ2n) is 2.11. The highest BCUT2D eigenvalue weighted by Gasteiger charge is 2.11. The van der Waals surface area contributed by atoms with Gasteiger partial charge >= 0.3 is 0 Å². The average Bonchev–Trinajstić information content (AvgIpc) is 2.33. The zero-order valence-electron chi connectivity index (χ0n) is 5.33. The molecular formula is C8H6O2. The first-order chi connectivity index (χ1) is 4.86. The van der Waals surface area contributed by atoms with Crippen LogP contribution in [0.2, 0.25) is 0 Å². The van der Waals surface area contributed by atoms with Gasteiger partial charge in [-0.15, -0.1) is 0 Å². The first-order valence-electron chi connectivity index (χ1n) is 3.01. The van der Waals surface area contributed by atoms with Crippen LogP contribution in [0.15, 0.2) is 18.2 Å². The number of rotatable bonds is 0. The van der Waals surface area contributed by atoms with Crippen molar-refractivity contribution in [3.05, 3.63) is 30.7 Å². The second-order valence-corrected chi connectivity index (χ2v) is 2.11. The Hall–Kier alpha value is -1.18. The van der Waals surface area contributed by atoms with Gasteiger partial charge in [-0.2, -0.15) is 0 Å². The third-order valence-corrected chi connectivity index (χ3v) is 1.40. The number of benzene rings is 1. The van der Waals surface area contributed by atoms with E-state index in [0.717, 1.165) is 11.5 Å². The van der Waals surface area contributed by atoms with Crippen molar-refractivity contribution in [2.75, 3.05) is 6.79 Å². The molecule has 0 aliphatic carbocycles. The van der Waals surface area contributed by atoms with Gasteiger partial charge in [-0.25, -0.2) is 0 Å². The molecule has 0 fully saturated rings. The van der Waals surface area contributed by atoms with Crippen LogP contribution in [0.5, 0.6) is 11.5 Å². The van der Waals surface area contributed by atoms with Crippen LogP contribution in [0.3, 0.4) is 0 Å². The molecule has 0 spiro atoms. The summed E-state index contributed by atoms with van der Waals surface area (Å²) in [5.74, 6) is 1.51. The molecule has 0 unspecified atom stereocenters. The summed E-state index contributed by atoms with van der Waals surface area (Å²) in [5.41, 5.74) is 0.698. The Morgan fingerprint density at radius 3 is 2.90 bits per heavy atom. The summed E-state index contributed by atoms with van der Waals surface area (Å²) in [6.45, 7) is 5.80. The molecule has 0 saturated carbocycles. The summed E-state index contributed by atoms with van der Waals surface area (Å²) < 4.78 is 10.2. The van der Waals surface area contributed by atoms with Gasteiger partial charge in [-0.05, 0) is 24.6 Å². The van der Waals surface area contributed by atoms with Gasteiger partial charge in [0, 0.05) is 0 Å². The molecule has 1 aromatic rings. The van der Waals surface area contributed by atoms with Crippen LogP contribution in [-0.2, 0) is 0 Å². The lowest BCUT2D eigenvalue weighted by molar-refractivity contribution is 0.174. The fourth-order valence-corrected chi connectivity index (χ4v) is 0.913. The number of hydrogen-bond acceptors (Lipinski definition) is 2. The number of ether oxygens (including phenoxy) is 2. The monoisotopic (exact) mass is 134 g/mol. The van der Waals surface area contributed by atoms with Gasteiger partial charge in [0.15, 0.2) is 11.5 Å². The van der Waals surface area contributed by atoms with Crippen molar-refractivity contribution in [2.45, 2.75) is 0 Å². The van der Waals surface area contributed by atoms with E-state index in [2.05, 4.69) is 0 Å². The van der Waals surface area contributed by atoms with Gasteiger partial charge in [-0.1, -0.05) is 6.07 Å². The van der Waals surface area contributed by atoms with Gasteiger partial charge in [0.05, 0.1) is 0 Å². The maximum Gasteiger partial charge on any atom is 0.231 e. The Morgan fingerprint density at radius 2 is 2.00 bits per heavy atom. The van der Waals surface area contributed by atoms with Gasteiger partial charge in [0.2, 0.25) is 6.79 Å². The van der Waals surface area contributed by atoms with Crippen LogP contribution in [0.1, 0.15) is 5.56 Å². The maximum atomic E-state index is 5.50. The van der Waals surface area contributed by atoms with Crippen molar-refractivity contribution in [2.24, 2.45) is 0 Å². The Bertz CT molecular complexity index is 255. The fraction of sp³-hybridized carbons (Fsp3) is 0.125. The lowest BCUT2D eigenvalue weighted by Gasteiger charge is -1.94. The second kappa shape index (κ2) is 1.90. The van der Waals surface area contributed by atoms with Crippen LogP contribution in [0.4, 0.5) is 0 Å². The SMILES string of the molecule is [CH]c1ccc2c(c1)OCO2. The Morgan fingerprint density at radius 1 is 1.20 bits per heavy atom. The van der Waals surface area contributed by atoms with Crippen LogP contribution >= 0.6 is 0 Å². The smallest absolute Gasteiger partial charge is 0.231 e. The van der Waals surface area contributed by atoms with E-state index in [-0.39, 0.29) is 0 Å². The minimum Gasteiger partial charge on any atom is -0.454 e. The maximum absolute atomic E-state index is 5.50. The van der Waals surface area contributed by atoms with Gasteiger partial charge in [0.25, 0.3) is 0 Å².